The molecule has 0 unspecified atom stereocenters. The molecule has 0 saturated heterocycles. The third-order valence-electron chi connectivity index (χ3n) is 9.89. The van der Waals surface area contributed by atoms with Crippen LogP contribution in [-0.4, -0.2) is 51.2 Å². The molecule has 198 valence electrons. The van der Waals surface area contributed by atoms with Crippen molar-refractivity contribution in [3.05, 3.63) is 23.8 Å². The van der Waals surface area contributed by atoms with Crippen molar-refractivity contribution in [3.63, 3.8) is 0 Å². The van der Waals surface area contributed by atoms with Gasteiger partial charge in [0.1, 0.15) is 0 Å². The number of rotatable bonds is 5. The molecule has 0 aromatic heterocycles. The summed E-state index contributed by atoms with van der Waals surface area (Å²) in [6, 6.07) is 0. The van der Waals surface area contributed by atoms with E-state index < -0.39 is 51.2 Å². The van der Waals surface area contributed by atoms with Crippen LogP contribution in [0.4, 0.5) is 0 Å². The van der Waals surface area contributed by atoms with Crippen LogP contribution in [0.5, 0.6) is 0 Å². The van der Waals surface area contributed by atoms with Gasteiger partial charge in [-0.25, -0.2) is 0 Å². The van der Waals surface area contributed by atoms with Gasteiger partial charge in [-0.2, -0.15) is 0 Å². The van der Waals surface area contributed by atoms with E-state index in [1.165, 1.54) is 6.92 Å². The smallest absolute Gasteiger partial charge is 0.306 e. The van der Waals surface area contributed by atoms with Crippen molar-refractivity contribution >= 4 is 39.4 Å². The number of ether oxygens (including phenoxy) is 2. The number of alkyl halides is 1. The van der Waals surface area contributed by atoms with Crippen LogP contribution in [-0.2, 0) is 28.7 Å². The van der Waals surface area contributed by atoms with Gasteiger partial charge in [0.2, 0.25) is 5.78 Å². The number of aliphatic hydroxyl groups excluding tert-OH is 1. The van der Waals surface area contributed by atoms with E-state index in [4.69, 9.17) is 9.47 Å². The van der Waals surface area contributed by atoms with Crippen molar-refractivity contribution in [2.75, 3.05) is 6.61 Å². The van der Waals surface area contributed by atoms with Crippen molar-refractivity contribution in [2.45, 2.75) is 83.3 Å². The zero-order chi connectivity index (χ0) is 26.8. The summed E-state index contributed by atoms with van der Waals surface area (Å²) in [6.45, 7) is 10.5. The van der Waals surface area contributed by atoms with Crippen molar-refractivity contribution in [1.82, 2.24) is 0 Å². The van der Waals surface area contributed by atoms with E-state index in [2.05, 4.69) is 29.8 Å². The highest BCUT2D eigenvalue weighted by molar-refractivity contribution is 9.10. The minimum Gasteiger partial charge on any atom is -0.458 e. The third kappa shape index (κ3) is 3.46. The summed E-state index contributed by atoms with van der Waals surface area (Å²) < 4.78 is 10.4. The molecule has 0 aromatic carbocycles. The number of ketones is 2. The zero-order valence-corrected chi connectivity index (χ0v) is 23.5. The first-order valence-electron chi connectivity index (χ1n) is 12.9. The second kappa shape index (κ2) is 8.90. The maximum atomic E-state index is 13.8. The molecule has 0 aromatic rings. The molecule has 8 heteroatoms. The largest absolute Gasteiger partial charge is 0.458 e. The van der Waals surface area contributed by atoms with Crippen LogP contribution in [0.15, 0.2) is 23.8 Å². The van der Waals surface area contributed by atoms with Gasteiger partial charge in [-0.05, 0) is 49.2 Å². The van der Waals surface area contributed by atoms with Gasteiger partial charge in [-0.1, -0.05) is 62.2 Å². The number of fused-ring (bicyclic) bond motifs is 5. The number of carbonyl (C=O) groups is 4. The summed E-state index contributed by atoms with van der Waals surface area (Å²) in [5.74, 6) is -1.93. The maximum Gasteiger partial charge on any atom is 0.306 e. The number of hydrogen-bond donors (Lipinski definition) is 1. The topological polar surface area (TPSA) is 107 Å². The third-order valence-corrected chi connectivity index (χ3v) is 11.8. The molecule has 9 atom stereocenters. The zero-order valence-electron chi connectivity index (χ0n) is 21.9. The number of aliphatic hydroxyl groups is 1. The van der Waals surface area contributed by atoms with Gasteiger partial charge < -0.3 is 14.6 Å². The van der Waals surface area contributed by atoms with E-state index in [9.17, 15) is 24.3 Å². The van der Waals surface area contributed by atoms with Crippen molar-refractivity contribution < 1.29 is 33.8 Å². The van der Waals surface area contributed by atoms with Crippen molar-refractivity contribution in [2.24, 2.45) is 34.5 Å². The van der Waals surface area contributed by atoms with Gasteiger partial charge in [0, 0.05) is 30.1 Å². The van der Waals surface area contributed by atoms with E-state index in [-0.39, 0.29) is 42.3 Å². The molecular formula is C28H37BrO7. The molecule has 1 N–H and O–H groups in total. The summed E-state index contributed by atoms with van der Waals surface area (Å²) in [7, 11) is 0. The highest BCUT2D eigenvalue weighted by Gasteiger charge is 2.76. The fourth-order valence-corrected chi connectivity index (χ4v) is 9.34. The highest BCUT2D eigenvalue weighted by atomic mass is 79.9. The normalized spacial score (nSPS) is 45.2. The Bertz CT molecular complexity index is 1060. The average molecular weight is 566 g/mol. The highest BCUT2D eigenvalue weighted by Crippen LogP contribution is 2.73. The molecule has 3 fully saturated rings. The second-order valence-electron chi connectivity index (χ2n) is 11.7. The van der Waals surface area contributed by atoms with E-state index in [0.29, 0.717) is 12.8 Å². The molecule has 4 aliphatic carbocycles. The lowest BCUT2D eigenvalue weighted by molar-refractivity contribution is -0.203. The Labute approximate surface area is 221 Å². The Hall–Kier alpha value is -1.80. The maximum absolute atomic E-state index is 13.8. The summed E-state index contributed by atoms with van der Waals surface area (Å²) in [5.41, 5.74) is -1.98. The Morgan fingerprint density at radius 1 is 1.17 bits per heavy atom. The average Bonchev–Trinajstić information content (AvgIpc) is 3.02. The minimum atomic E-state index is -1.52. The quantitative estimate of drug-likeness (QED) is 0.395. The van der Waals surface area contributed by atoms with Crippen LogP contribution >= 0.6 is 15.9 Å². The molecular weight excluding hydrogens is 528 g/mol. The lowest BCUT2D eigenvalue weighted by Gasteiger charge is -2.65. The molecule has 7 nitrogen and oxygen atoms in total. The monoisotopic (exact) mass is 564 g/mol. The summed E-state index contributed by atoms with van der Waals surface area (Å²) in [6.07, 6.45) is 5.96. The van der Waals surface area contributed by atoms with Crippen LogP contribution in [0.1, 0.15) is 67.2 Å². The van der Waals surface area contributed by atoms with Gasteiger partial charge in [0.15, 0.2) is 18.0 Å². The fraction of sp³-hybridized carbons (Fsp3) is 0.714. The predicted octanol–water partition coefficient (Wildman–Crippen LogP) is 4.10. The van der Waals surface area contributed by atoms with E-state index in [0.717, 1.165) is 5.57 Å². The Balaban J connectivity index is 1.85. The van der Waals surface area contributed by atoms with Gasteiger partial charge in [-0.15, -0.1) is 0 Å². The van der Waals surface area contributed by atoms with Crippen LogP contribution in [0.25, 0.3) is 0 Å². The minimum absolute atomic E-state index is 0.0462. The van der Waals surface area contributed by atoms with Crippen molar-refractivity contribution in [3.8, 4) is 0 Å². The molecule has 0 spiro atoms. The number of allylic oxidation sites excluding steroid dienone is 4. The first kappa shape index (κ1) is 27.2. The SMILES string of the molecule is CCC(=O)O[C@]1(C(=O)COC(C)=O)[C@@H](C)C[C@H]2[C@@H]3C[C@H](C)C4=CC(=O)C=C[C@]4(C)[C@@]3(Br)[C@@H](O)C[C@@]21C. The number of Topliss-reactive ketones (excluding diaryl/α,β-unsaturated/α-hetero) is 1. The van der Waals surface area contributed by atoms with E-state index >= 15 is 0 Å². The predicted molar refractivity (Wildman–Crippen MR) is 136 cm³/mol. The van der Waals surface area contributed by atoms with E-state index in [1.807, 2.05) is 19.9 Å². The molecule has 0 radical (unpaired) electrons. The lowest BCUT2D eigenvalue weighted by Crippen LogP contribution is -2.70. The Morgan fingerprint density at radius 3 is 2.44 bits per heavy atom. The number of esters is 2. The lowest BCUT2D eigenvalue weighted by atomic mass is 9.44. The van der Waals surface area contributed by atoms with Crippen LogP contribution in [0, 0.1) is 34.5 Å². The number of hydrogen-bond acceptors (Lipinski definition) is 7. The Morgan fingerprint density at radius 2 is 1.83 bits per heavy atom. The molecule has 3 saturated carbocycles. The van der Waals surface area contributed by atoms with E-state index in [1.54, 1.807) is 19.1 Å². The second-order valence-corrected chi connectivity index (χ2v) is 13.0. The first-order valence-corrected chi connectivity index (χ1v) is 13.7. The van der Waals surface area contributed by atoms with Crippen LogP contribution < -0.4 is 0 Å². The van der Waals surface area contributed by atoms with Crippen molar-refractivity contribution in [1.29, 1.82) is 0 Å². The molecule has 0 amide bonds. The van der Waals surface area contributed by atoms with Crippen LogP contribution in [0.3, 0.4) is 0 Å². The molecule has 0 aliphatic heterocycles. The Kier molecular flexibility index (Phi) is 6.73. The number of carbonyl (C=O) groups excluding carboxylic acids is 4. The summed E-state index contributed by atoms with van der Waals surface area (Å²) in [5, 5.41) is 11.9. The molecule has 36 heavy (non-hydrogen) atoms. The fourth-order valence-electron chi connectivity index (χ4n) is 8.31. The molecule has 0 heterocycles. The van der Waals surface area contributed by atoms with Crippen LogP contribution in [0.2, 0.25) is 0 Å². The summed E-state index contributed by atoms with van der Waals surface area (Å²) >= 11 is 4.04. The van der Waals surface area contributed by atoms with Gasteiger partial charge >= 0.3 is 11.9 Å². The first-order chi connectivity index (χ1) is 16.7. The van der Waals surface area contributed by atoms with Gasteiger partial charge in [0.25, 0.3) is 0 Å². The van der Waals surface area contributed by atoms with Gasteiger partial charge in [-0.3, -0.25) is 19.2 Å². The molecule has 4 aliphatic rings. The standard InChI is InChI=1S/C28H37BrO7/c1-7-24(34)36-28(23(33)14-35-17(4)30)16(3)11-20-21-10-15(2)19-12-18(31)8-9-25(19,5)27(21,29)22(32)13-26(20,28)6/h8-9,12,15-16,20-22,32H,7,10-11,13-14H2,1-6H3/t15-,16-,20-,21-,22-,25-,26-,27-,28-/m0/s1. The molecule has 4 rings (SSSR count). The number of halogens is 1. The van der Waals surface area contributed by atoms with Gasteiger partial charge in [0.05, 0.1) is 10.4 Å². The molecule has 0 bridgehead atoms. The summed E-state index contributed by atoms with van der Waals surface area (Å²) in [4.78, 5) is 50.4.